The average Bonchev–Trinajstić information content (AvgIpc) is 2.70. The minimum Gasteiger partial charge on any atom is -0.447 e. The molecule has 4 nitrogen and oxygen atoms in total. The van der Waals surface area contributed by atoms with Gasteiger partial charge in [0.2, 0.25) is 0 Å². The molecule has 0 aromatic rings. The van der Waals surface area contributed by atoms with Gasteiger partial charge in [-0.3, -0.25) is 4.90 Å². The van der Waals surface area contributed by atoms with Gasteiger partial charge < -0.3 is 10.1 Å². The highest BCUT2D eigenvalue weighted by atomic mass is 16.6. The molecule has 0 saturated carbocycles. The van der Waals surface area contributed by atoms with Crippen LogP contribution in [0.5, 0.6) is 0 Å². The van der Waals surface area contributed by atoms with E-state index in [0.717, 1.165) is 19.5 Å². The van der Waals surface area contributed by atoms with Crippen LogP contribution in [0.2, 0.25) is 0 Å². The molecular weight excluding hydrogens is 180 g/mol. The minimum absolute atomic E-state index is 0.142. The maximum Gasteiger partial charge on any atom is 0.410 e. The zero-order chi connectivity index (χ0) is 10.1. The lowest BCUT2D eigenvalue weighted by molar-refractivity contribution is 0.145. The smallest absolute Gasteiger partial charge is 0.410 e. The van der Waals surface area contributed by atoms with E-state index in [9.17, 15) is 4.79 Å². The summed E-state index contributed by atoms with van der Waals surface area (Å²) in [6, 6.07) is 0.535. The van der Waals surface area contributed by atoms with Gasteiger partial charge in [-0.15, -0.1) is 0 Å². The Kier molecular flexibility index (Phi) is 2.63. The number of ether oxygens (including phenoxy) is 1. The molecule has 1 amide bonds. The second-order valence-corrected chi connectivity index (χ2v) is 4.40. The Morgan fingerprint density at radius 3 is 2.93 bits per heavy atom. The number of nitrogens with one attached hydrogen (secondary N) is 1. The summed E-state index contributed by atoms with van der Waals surface area (Å²) in [5, 5.41) is 3.33. The molecular formula is C10H18N2O2. The van der Waals surface area contributed by atoms with E-state index in [0.29, 0.717) is 12.5 Å². The van der Waals surface area contributed by atoms with Gasteiger partial charge >= 0.3 is 6.09 Å². The Bertz CT molecular complexity index is 224. The van der Waals surface area contributed by atoms with Crippen LogP contribution in [0, 0.1) is 5.92 Å². The quantitative estimate of drug-likeness (QED) is 0.714. The molecule has 2 heterocycles. The van der Waals surface area contributed by atoms with E-state index in [4.69, 9.17) is 4.74 Å². The van der Waals surface area contributed by atoms with Crippen molar-refractivity contribution in [2.24, 2.45) is 5.92 Å². The molecule has 1 N–H and O–H groups in total. The van der Waals surface area contributed by atoms with Crippen molar-refractivity contribution in [3.05, 3.63) is 0 Å². The normalized spacial score (nSPS) is 32.8. The van der Waals surface area contributed by atoms with Crippen molar-refractivity contribution in [3.8, 4) is 0 Å². The fourth-order valence-electron chi connectivity index (χ4n) is 2.41. The molecule has 2 aliphatic rings. The lowest BCUT2D eigenvalue weighted by Crippen LogP contribution is -2.43. The number of carbonyl (C=O) groups is 1. The Morgan fingerprint density at radius 1 is 1.57 bits per heavy atom. The van der Waals surface area contributed by atoms with Gasteiger partial charge in [0.15, 0.2) is 0 Å². The van der Waals surface area contributed by atoms with Gasteiger partial charge in [-0.25, -0.2) is 4.79 Å². The van der Waals surface area contributed by atoms with Crippen molar-refractivity contribution >= 4 is 6.09 Å². The maximum atomic E-state index is 11.5. The molecule has 2 saturated heterocycles. The molecule has 2 aliphatic heterocycles. The predicted molar refractivity (Wildman–Crippen MR) is 53.1 cm³/mol. The van der Waals surface area contributed by atoms with E-state index in [1.54, 1.807) is 0 Å². The molecule has 80 valence electrons. The van der Waals surface area contributed by atoms with Crippen LogP contribution in [0.25, 0.3) is 0 Å². The van der Waals surface area contributed by atoms with Crippen LogP contribution in [-0.4, -0.2) is 42.8 Å². The second kappa shape index (κ2) is 3.77. The van der Waals surface area contributed by atoms with E-state index < -0.39 is 0 Å². The van der Waals surface area contributed by atoms with Gasteiger partial charge in [-0.2, -0.15) is 0 Å². The summed E-state index contributed by atoms with van der Waals surface area (Å²) in [7, 11) is 0. The van der Waals surface area contributed by atoms with Crippen molar-refractivity contribution in [2.75, 3.05) is 19.7 Å². The third-order valence-electron chi connectivity index (χ3n) is 3.14. The topological polar surface area (TPSA) is 41.6 Å². The summed E-state index contributed by atoms with van der Waals surface area (Å²) in [4.78, 5) is 13.4. The van der Waals surface area contributed by atoms with Gasteiger partial charge in [0, 0.05) is 12.6 Å². The van der Waals surface area contributed by atoms with Crippen LogP contribution < -0.4 is 5.32 Å². The monoisotopic (exact) mass is 198 g/mol. The van der Waals surface area contributed by atoms with Gasteiger partial charge in [-0.1, -0.05) is 0 Å². The van der Waals surface area contributed by atoms with E-state index in [1.165, 1.54) is 0 Å². The number of hydrogen-bond acceptors (Lipinski definition) is 3. The standard InChI is InChI=1S/C10H18N2O2/c1-7(2)12-9(6-14-10(12)13)8-3-4-11-5-8/h7-9,11H,3-6H2,1-2H3. The molecule has 4 heteroatoms. The third-order valence-corrected chi connectivity index (χ3v) is 3.14. The van der Waals surface area contributed by atoms with E-state index in [2.05, 4.69) is 5.32 Å². The molecule has 0 aromatic heterocycles. The first-order chi connectivity index (χ1) is 6.70. The first-order valence-electron chi connectivity index (χ1n) is 5.36. The minimum atomic E-state index is -0.142. The SMILES string of the molecule is CC(C)N1C(=O)OCC1C1CCNC1. The van der Waals surface area contributed by atoms with Crippen LogP contribution >= 0.6 is 0 Å². The van der Waals surface area contributed by atoms with Crippen LogP contribution in [0.1, 0.15) is 20.3 Å². The first kappa shape index (κ1) is 9.77. The van der Waals surface area contributed by atoms with E-state index >= 15 is 0 Å². The summed E-state index contributed by atoms with van der Waals surface area (Å²) >= 11 is 0. The van der Waals surface area contributed by atoms with Gasteiger partial charge in [0.05, 0.1) is 6.04 Å². The van der Waals surface area contributed by atoms with Crippen molar-refractivity contribution < 1.29 is 9.53 Å². The Morgan fingerprint density at radius 2 is 2.36 bits per heavy atom. The number of amides is 1. The molecule has 2 unspecified atom stereocenters. The Balaban J connectivity index is 2.06. The second-order valence-electron chi connectivity index (χ2n) is 4.40. The Labute approximate surface area is 84.6 Å². The maximum absolute atomic E-state index is 11.5. The Hall–Kier alpha value is -0.770. The number of rotatable bonds is 2. The summed E-state index contributed by atoms with van der Waals surface area (Å²) < 4.78 is 5.11. The molecule has 0 aliphatic carbocycles. The molecule has 0 spiro atoms. The van der Waals surface area contributed by atoms with E-state index in [1.807, 2.05) is 18.7 Å². The first-order valence-corrected chi connectivity index (χ1v) is 5.36. The summed E-state index contributed by atoms with van der Waals surface area (Å²) in [6.45, 7) is 6.75. The van der Waals surface area contributed by atoms with E-state index in [-0.39, 0.29) is 18.2 Å². The number of nitrogens with zero attached hydrogens (tertiary/aromatic N) is 1. The predicted octanol–water partition coefficient (Wildman–Crippen LogP) is 0.825. The summed E-state index contributed by atoms with van der Waals surface area (Å²) in [6.07, 6.45) is 1.02. The van der Waals surface area contributed by atoms with Crippen molar-refractivity contribution in [3.63, 3.8) is 0 Å². The van der Waals surface area contributed by atoms with Gasteiger partial charge in [0.1, 0.15) is 6.61 Å². The lowest BCUT2D eigenvalue weighted by Gasteiger charge is -2.28. The number of carbonyl (C=O) groups excluding carboxylic acids is 1. The van der Waals surface area contributed by atoms with Crippen LogP contribution in [0.15, 0.2) is 0 Å². The zero-order valence-electron chi connectivity index (χ0n) is 8.82. The summed E-state index contributed by atoms with van der Waals surface area (Å²) in [5.41, 5.74) is 0. The highest BCUT2D eigenvalue weighted by Gasteiger charge is 2.40. The highest BCUT2D eigenvalue weighted by Crippen LogP contribution is 2.25. The van der Waals surface area contributed by atoms with Crippen molar-refractivity contribution in [2.45, 2.75) is 32.4 Å². The molecule has 0 radical (unpaired) electrons. The van der Waals surface area contributed by atoms with Crippen LogP contribution in [0.4, 0.5) is 4.79 Å². The average molecular weight is 198 g/mol. The number of cyclic esters (lactones) is 1. The largest absolute Gasteiger partial charge is 0.447 e. The van der Waals surface area contributed by atoms with Crippen LogP contribution in [0.3, 0.4) is 0 Å². The molecule has 0 bridgehead atoms. The molecule has 2 atom stereocenters. The van der Waals surface area contributed by atoms with Crippen LogP contribution in [-0.2, 0) is 4.74 Å². The lowest BCUT2D eigenvalue weighted by atomic mass is 9.98. The third kappa shape index (κ3) is 1.59. The summed E-state index contributed by atoms with van der Waals surface area (Å²) in [5.74, 6) is 0.573. The highest BCUT2D eigenvalue weighted by molar-refractivity contribution is 5.70. The van der Waals surface area contributed by atoms with Gasteiger partial charge in [-0.05, 0) is 32.7 Å². The molecule has 14 heavy (non-hydrogen) atoms. The molecule has 2 rings (SSSR count). The zero-order valence-corrected chi connectivity index (χ0v) is 8.82. The van der Waals surface area contributed by atoms with Crippen molar-refractivity contribution in [1.29, 1.82) is 0 Å². The molecule has 2 fully saturated rings. The fourth-order valence-corrected chi connectivity index (χ4v) is 2.41. The van der Waals surface area contributed by atoms with Gasteiger partial charge in [0.25, 0.3) is 0 Å². The molecule has 0 aromatic carbocycles. The fraction of sp³-hybridized carbons (Fsp3) is 0.900. The van der Waals surface area contributed by atoms with Crippen molar-refractivity contribution in [1.82, 2.24) is 10.2 Å². The number of hydrogen-bond donors (Lipinski definition) is 1.